The molecule has 4 rings (SSSR count). The standard InChI is InChI=1S/C23H30N6O3/c1-14-11-18-19(12-17(14)27-16-8-9-24-13-16)29(10-6-4-3-5-7-20(30)31)22-21(28-18)23(32)26-15(2)25-22/h11-12,16,24,27H,2-10,13H2,1H3,(H,26,32)(H,30,31)/t16-/m0/s1. The number of aromatic amines is 1. The van der Waals surface area contributed by atoms with Gasteiger partial charge in [-0.25, -0.2) is 9.98 Å². The molecule has 1 aromatic heterocycles. The van der Waals surface area contributed by atoms with E-state index in [0.29, 0.717) is 35.7 Å². The first-order valence-electron chi connectivity index (χ1n) is 11.2. The molecule has 0 amide bonds. The normalized spacial score (nSPS) is 16.9. The molecule has 0 aliphatic carbocycles. The molecule has 0 saturated carbocycles. The van der Waals surface area contributed by atoms with Gasteiger partial charge in [-0.05, 0) is 50.4 Å². The lowest BCUT2D eigenvalue weighted by Crippen LogP contribution is -2.42. The van der Waals surface area contributed by atoms with Crippen molar-refractivity contribution in [1.82, 2.24) is 15.3 Å². The summed E-state index contributed by atoms with van der Waals surface area (Å²) in [5, 5.41) is 16.1. The quantitative estimate of drug-likeness (QED) is 0.440. The molecule has 1 aromatic carbocycles. The van der Waals surface area contributed by atoms with E-state index in [0.717, 1.165) is 61.4 Å². The molecule has 2 aliphatic rings. The molecule has 9 nitrogen and oxygen atoms in total. The monoisotopic (exact) mass is 438 g/mol. The molecule has 0 unspecified atom stereocenters. The number of rotatable bonds is 9. The van der Waals surface area contributed by atoms with Crippen LogP contribution in [0.25, 0.3) is 6.58 Å². The van der Waals surface area contributed by atoms with Crippen LogP contribution in [0.5, 0.6) is 0 Å². The van der Waals surface area contributed by atoms with Gasteiger partial charge in [-0.3, -0.25) is 9.59 Å². The maximum absolute atomic E-state index is 12.6. The Hall–Kier alpha value is -3.20. The van der Waals surface area contributed by atoms with Crippen molar-refractivity contribution in [3.8, 4) is 0 Å². The van der Waals surface area contributed by atoms with E-state index in [4.69, 9.17) is 5.11 Å². The number of aromatic nitrogens is 2. The van der Waals surface area contributed by atoms with Crippen molar-refractivity contribution >= 4 is 35.4 Å². The summed E-state index contributed by atoms with van der Waals surface area (Å²) in [5.74, 6) is -0.237. The van der Waals surface area contributed by atoms with Crippen LogP contribution < -0.4 is 31.9 Å². The highest BCUT2D eigenvalue weighted by molar-refractivity contribution is 5.80. The number of carboxylic acids is 1. The number of fused-ring (bicyclic) bond motifs is 2. The predicted molar refractivity (Wildman–Crippen MR) is 125 cm³/mol. The van der Waals surface area contributed by atoms with Crippen LogP contribution in [0.1, 0.15) is 44.1 Å². The highest BCUT2D eigenvalue weighted by Gasteiger charge is 2.24. The number of unbranched alkanes of at least 4 members (excludes halogenated alkanes) is 3. The van der Waals surface area contributed by atoms with Gasteiger partial charge in [-0.15, -0.1) is 0 Å². The largest absolute Gasteiger partial charge is 0.481 e. The number of hydrogen-bond acceptors (Lipinski definition) is 7. The Morgan fingerprint density at radius 2 is 2.12 bits per heavy atom. The number of nitrogens with zero attached hydrogens (tertiary/aromatic N) is 3. The van der Waals surface area contributed by atoms with Crippen LogP contribution >= 0.6 is 0 Å². The Morgan fingerprint density at radius 3 is 2.88 bits per heavy atom. The molecular formula is C23H30N6O3. The van der Waals surface area contributed by atoms with Gasteiger partial charge in [0, 0.05) is 31.2 Å². The van der Waals surface area contributed by atoms with E-state index in [-0.39, 0.29) is 12.0 Å². The van der Waals surface area contributed by atoms with Gasteiger partial charge < -0.3 is 25.6 Å². The van der Waals surface area contributed by atoms with E-state index >= 15 is 0 Å². The number of H-pyrrole nitrogens is 1. The molecule has 3 heterocycles. The van der Waals surface area contributed by atoms with Gasteiger partial charge in [-0.1, -0.05) is 19.4 Å². The minimum atomic E-state index is -0.759. The van der Waals surface area contributed by atoms with Gasteiger partial charge in [0.1, 0.15) is 5.48 Å². The van der Waals surface area contributed by atoms with Gasteiger partial charge in [0.15, 0.2) is 11.2 Å². The van der Waals surface area contributed by atoms with Crippen LogP contribution in [0.4, 0.5) is 22.9 Å². The molecule has 2 aromatic rings. The van der Waals surface area contributed by atoms with Gasteiger partial charge in [-0.2, -0.15) is 0 Å². The number of carboxylic acid groups (broad SMARTS) is 1. The SMILES string of the molecule is C=c1nc2c(c(=O)[nH]1)=Nc1cc(C)c(N[C@H]3CCNC3)cc1N2CCCCCCC(=O)O. The first-order valence-corrected chi connectivity index (χ1v) is 11.2. The number of anilines is 3. The highest BCUT2D eigenvalue weighted by Crippen LogP contribution is 2.39. The fraction of sp³-hybridized carbons (Fsp3) is 0.478. The number of carbonyl (C=O) groups is 1. The van der Waals surface area contributed by atoms with E-state index < -0.39 is 5.97 Å². The van der Waals surface area contributed by atoms with Crippen molar-refractivity contribution in [2.45, 2.75) is 51.5 Å². The van der Waals surface area contributed by atoms with Crippen molar-refractivity contribution in [2.24, 2.45) is 4.99 Å². The molecule has 170 valence electrons. The Kier molecular flexibility index (Phi) is 6.55. The fourth-order valence-corrected chi connectivity index (χ4v) is 4.29. The number of aliphatic carboxylic acids is 1. The second kappa shape index (κ2) is 9.52. The first kappa shape index (κ1) is 22.0. The number of benzene rings is 1. The van der Waals surface area contributed by atoms with Crippen LogP contribution in [-0.2, 0) is 4.79 Å². The minimum absolute atomic E-state index is 0.195. The van der Waals surface area contributed by atoms with E-state index in [1.54, 1.807) is 0 Å². The predicted octanol–water partition coefficient (Wildman–Crippen LogP) is 1.70. The molecule has 4 N–H and O–H groups in total. The molecule has 0 spiro atoms. The van der Waals surface area contributed by atoms with Crippen LogP contribution in [0.3, 0.4) is 0 Å². The van der Waals surface area contributed by atoms with Crippen molar-refractivity contribution in [1.29, 1.82) is 0 Å². The van der Waals surface area contributed by atoms with Crippen molar-refractivity contribution in [3.05, 3.63) is 38.9 Å². The van der Waals surface area contributed by atoms with E-state index in [1.807, 2.05) is 13.0 Å². The minimum Gasteiger partial charge on any atom is -0.481 e. The van der Waals surface area contributed by atoms with E-state index in [2.05, 4.69) is 43.1 Å². The zero-order valence-electron chi connectivity index (χ0n) is 18.4. The van der Waals surface area contributed by atoms with Crippen molar-refractivity contribution in [3.63, 3.8) is 0 Å². The topological polar surface area (TPSA) is 123 Å². The van der Waals surface area contributed by atoms with Crippen LogP contribution in [0.15, 0.2) is 21.9 Å². The summed E-state index contributed by atoms with van der Waals surface area (Å²) in [5.41, 5.74) is 3.81. The Balaban J connectivity index is 1.63. The summed E-state index contributed by atoms with van der Waals surface area (Å²) in [4.78, 5) is 37.1. The third kappa shape index (κ3) is 4.83. The first-order chi connectivity index (χ1) is 15.4. The molecule has 32 heavy (non-hydrogen) atoms. The van der Waals surface area contributed by atoms with Crippen LogP contribution in [-0.4, -0.2) is 46.7 Å². The van der Waals surface area contributed by atoms with Crippen LogP contribution in [0.2, 0.25) is 0 Å². The molecule has 9 heteroatoms. The summed E-state index contributed by atoms with van der Waals surface area (Å²) in [6, 6.07) is 4.50. The second-order valence-corrected chi connectivity index (χ2v) is 8.50. The third-order valence-electron chi connectivity index (χ3n) is 5.97. The molecule has 1 atom stereocenters. The Morgan fingerprint density at radius 1 is 1.31 bits per heavy atom. The summed E-state index contributed by atoms with van der Waals surface area (Å²) in [7, 11) is 0. The summed E-state index contributed by atoms with van der Waals surface area (Å²) < 4.78 is 0. The van der Waals surface area contributed by atoms with E-state index in [9.17, 15) is 9.59 Å². The molecular weight excluding hydrogens is 408 g/mol. The molecule has 0 bridgehead atoms. The fourth-order valence-electron chi connectivity index (χ4n) is 4.29. The van der Waals surface area contributed by atoms with Crippen molar-refractivity contribution in [2.75, 3.05) is 29.9 Å². The molecule has 1 fully saturated rings. The zero-order valence-corrected chi connectivity index (χ0v) is 18.4. The Bertz CT molecular complexity index is 1170. The van der Waals surface area contributed by atoms with Gasteiger partial charge >= 0.3 is 5.97 Å². The van der Waals surface area contributed by atoms with Gasteiger partial charge in [0.2, 0.25) is 0 Å². The Labute approximate surface area is 186 Å². The lowest BCUT2D eigenvalue weighted by molar-refractivity contribution is -0.137. The average Bonchev–Trinajstić information content (AvgIpc) is 3.24. The van der Waals surface area contributed by atoms with Gasteiger partial charge in [0.25, 0.3) is 5.56 Å². The number of nitrogens with one attached hydrogen (secondary N) is 3. The molecule has 1 saturated heterocycles. The van der Waals surface area contributed by atoms with E-state index in [1.165, 1.54) is 0 Å². The smallest absolute Gasteiger partial charge is 0.303 e. The summed E-state index contributed by atoms with van der Waals surface area (Å²) >= 11 is 0. The average molecular weight is 439 g/mol. The second-order valence-electron chi connectivity index (χ2n) is 8.50. The maximum atomic E-state index is 12.6. The lowest BCUT2D eigenvalue weighted by atomic mass is 10.1. The number of hydrogen-bond donors (Lipinski definition) is 4. The highest BCUT2D eigenvalue weighted by atomic mass is 16.4. The summed E-state index contributed by atoms with van der Waals surface area (Å²) in [6.45, 7) is 8.46. The summed E-state index contributed by atoms with van der Waals surface area (Å²) in [6.07, 6.45) is 4.54. The zero-order chi connectivity index (χ0) is 22.7. The molecule has 2 aliphatic heterocycles. The number of aryl methyl sites for hydroxylation is 1. The van der Waals surface area contributed by atoms with Gasteiger partial charge in [0.05, 0.1) is 11.4 Å². The molecule has 0 radical (unpaired) electrons. The third-order valence-corrected chi connectivity index (χ3v) is 5.97. The van der Waals surface area contributed by atoms with Crippen molar-refractivity contribution < 1.29 is 9.90 Å². The maximum Gasteiger partial charge on any atom is 0.303 e. The lowest BCUT2D eigenvalue weighted by Gasteiger charge is -2.29. The van der Waals surface area contributed by atoms with Crippen LogP contribution in [0, 0.1) is 6.92 Å².